The topological polar surface area (TPSA) is 93.5 Å². The first-order valence-electron chi connectivity index (χ1n) is 7.05. The van der Waals surface area contributed by atoms with Crippen molar-refractivity contribution in [2.75, 3.05) is 31.2 Å². The summed E-state index contributed by atoms with van der Waals surface area (Å²) in [4.78, 5) is 24.0. The van der Waals surface area contributed by atoms with Gasteiger partial charge in [0.2, 0.25) is 0 Å². The van der Waals surface area contributed by atoms with Crippen LogP contribution in [0, 0.1) is 0 Å². The van der Waals surface area contributed by atoms with E-state index in [-0.39, 0.29) is 23.5 Å². The smallest absolute Gasteiger partial charge is 0.256 e. The molecule has 116 valence electrons. The predicted octanol–water partition coefficient (Wildman–Crippen LogP) is 1.87. The van der Waals surface area contributed by atoms with Gasteiger partial charge in [0.25, 0.3) is 5.91 Å². The lowest BCUT2D eigenvalue weighted by molar-refractivity contribution is 0.0248. The maximum absolute atomic E-state index is 12.0. The molecule has 1 fully saturated rings. The van der Waals surface area contributed by atoms with Gasteiger partial charge in [-0.2, -0.15) is 0 Å². The van der Waals surface area contributed by atoms with Gasteiger partial charge in [0, 0.05) is 27.1 Å². The van der Waals surface area contributed by atoms with Crippen LogP contribution in [0.2, 0.25) is 0 Å². The number of ketones is 1. The summed E-state index contributed by atoms with van der Waals surface area (Å²) in [5.41, 5.74) is 6.55. The Kier molecular flexibility index (Phi) is 5.19. The van der Waals surface area contributed by atoms with Crippen LogP contribution >= 0.6 is 11.3 Å². The Labute approximate surface area is 128 Å². The van der Waals surface area contributed by atoms with Crippen molar-refractivity contribution >= 4 is 33.7 Å². The van der Waals surface area contributed by atoms with Crippen LogP contribution < -0.4 is 16.4 Å². The van der Waals surface area contributed by atoms with Gasteiger partial charge in [0.05, 0.1) is 22.2 Å². The number of Topliss-reactive ketones (excluding diaryl/α,β-unsaturated/α-hetero) is 1. The van der Waals surface area contributed by atoms with Crippen molar-refractivity contribution in [1.82, 2.24) is 5.32 Å². The van der Waals surface area contributed by atoms with Gasteiger partial charge in [0.1, 0.15) is 5.00 Å². The minimum Gasteiger partial charge on any atom is -0.397 e. The van der Waals surface area contributed by atoms with E-state index >= 15 is 0 Å². The van der Waals surface area contributed by atoms with Crippen molar-refractivity contribution in [2.24, 2.45) is 0 Å². The zero-order valence-corrected chi connectivity index (χ0v) is 13.1. The molecule has 0 bridgehead atoms. The summed E-state index contributed by atoms with van der Waals surface area (Å²) in [5, 5.41) is 6.40. The standard InChI is InChI=1S/C14H21N3O3S/c1-8(18)12-11(15)10(13(19)16-2)14(21-12)17-7-9-5-3-4-6-20-9/h9,17H,3-7,15H2,1-2H3,(H,16,19). The minimum atomic E-state index is -0.289. The van der Waals surface area contributed by atoms with Crippen molar-refractivity contribution in [3.63, 3.8) is 0 Å². The molecule has 1 aliphatic heterocycles. The van der Waals surface area contributed by atoms with E-state index < -0.39 is 0 Å². The first-order chi connectivity index (χ1) is 10.0. The average molecular weight is 311 g/mol. The monoisotopic (exact) mass is 311 g/mol. The third kappa shape index (κ3) is 3.54. The summed E-state index contributed by atoms with van der Waals surface area (Å²) < 4.78 is 5.65. The van der Waals surface area contributed by atoms with Crippen LogP contribution in [-0.2, 0) is 4.74 Å². The first kappa shape index (κ1) is 15.8. The SMILES string of the molecule is CNC(=O)c1c(NCC2CCCCO2)sc(C(C)=O)c1N. The number of carbonyl (C=O) groups is 2. The highest BCUT2D eigenvalue weighted by Gasteiger charge is 2.24. The zero-order chi connectivity index (χ0) is 15.4. The van der Waals surface area contributed by atoms with Gasteiger partial charge in [-0.1, -0.05) is 0 Å². The molecule has 21 heavy (non-hydrogen) atoms. The van der Waals surface area contributed by atoms with Gasteiger partial charge < -0.3 is 21.1 Å². The molecule has 0 aliphatic carbocycles. The van der Waals surface area contributed by atoms with Crippen LogP contribution in [0.3, 0.4) is 0 Å². The highest BCUT2D eigenvalue weighted by molar-refractivity contribution is 7.19. The van der Waals surface area contributed by atoms with Gasteiger partial charge in [-0.15, -0.1) is 11.3 Å². The molecule has 1 aromatic heterocycles. The Balaban J connectivity index is 2.18. The van der Waals surface area contributed by atoms with Crippen molar-refractivity contribution in [1.29, 1.82) is 0 Å². The van der Waals surface area contributed by atoms with E-state index in [1.165, 1.54) is 18.3 Å². The van der Waals surface area contributed by atoms with Gasteiger partial charge in [-0.05, 0) is 19.3 Å². The number of rotatable bonds is 5. The van der Waals surface area contributed by atoms with Crippen LogP contribution in [0.1, 0.15) is 46.2 Å². The fourth-order valence-corrected chi connectivity index (χ4v) is 3.38. The molecule has 1 atom stereocenters. The Morgan fingerprint density at radius 2 is 2.19 bits per heavy atom. The van der Waals surface area contributed by atoms with Crippen LogP contribution in [-0.4, -0.2) is 38.0 Å². The van der Waals surface area contributed by atoms with E-state index in [1.54, 1.807) is 7.05 Å². The Bertz CT molecular complexity index is 536. The fourth-order valence-electron chi connectivity index (χ4n) is 2.36. The van der Waals surface area contributed by atoms with Gasteiger partial charge >= 0.3 is 0 Å². The number of amides is 1. The van der Waals surface area contributed by atoms with Crippen molar-refractivity contribution < 1.29 is 14.3 Å². The second-order valence-electron chi connectivity index (χ2n) is 5.05. The van der Waals surface area contributed by atoms with E-state index in [2.05, 4.69) is 10.6 Å². The first-order valence-corrected chi connectivity index (χ1v) is 7.87. The Morgan fingerprint density at radius 3 is 2.76 bits per heavy atom. The van der Waals surface area contributed by atoms with Crippen molar-refractivity contribution in [3.05, 3.63) is 10.4 Å². The summed E-state index contributed by atoms with van der Waals surface area (Å²) in [6.45, 7) is 2.84. The highest BCUT2D eigenvalue weighted by Crippen LogP contribution is 2.36. The minimum absolute atomic E-state index is 0.135. The number of nitrogens with one attached hydrogen (secondary N) is 2. The number of anilines is 2. The second kappa shape index (κ2) is 6.91. The maximum atomic E-state index is 12.0. The van der Waals surface area contributed by atoms with Crippen LogP contribution in [0.4, 0.5) is 10.7 Å². The van der Waals surface area contributed by atoms with E-state index in [4.69, 9.17) is 10.5 Å². The zero-order valence-electron chi connectivity index (χ0n) is 12.3. The fraction of sp³-hybridized carbons (Fsp3) is 0.571. The number of ether oxygens (including phenoxy) is 1. The molecule has 4 N–H and O–H groups in total. The molecular weight excluding hydrogens is 290 g/mol. The van der Waals surface area contributed by atoms with Gasteiger partial charge in [-0.3, -0.25) is 9.59 Å². The molecule has 1 amide bonds. The van der Waals surface area contributed by atoms with Gasteiger partial charge in [0.15, 0.2) is 5.78 Å². The molecule has 1 unspecified atom stereocenters. The third-order valence-corrected chi connectivity index (χ3v) is 4.75. The molecule has 0 spiro atoms. The molecule has 7 heteroatoms. The molecule has 6 nitrogen and oxygen atoms in total. The lowest BCUT2D eigenvalue weighted by atomic mass is 10.1. The molecular formula is C14H21N3O3S. The lowest BCUT2D eigenvalue weighted by Crippen LogP contribution is -2.27. The molecule has 2 heterocycles. The van der Waals surface area contributed by atoms with Gasteiger partial charge in [-0.25, -0.2) is 0 Å². The molecule has 1 aromatic rings. The van der Waals surface area contributed by atoms with Crippen molar-refractivity contribution in [3.8, 4) is 0 Å². The maximum Gasteiger partial charge on any atom is 0.256 e. The lowest BCUT2D eigenvalue weighted by Gasteiger charge is -2.23. The van der Waals surface area contributed by atoms with E-state index in [0.717, 1.165) is 25.9 Å². The number of carbonyl (C=O) groups excluding carboxylic acids is 2. The number of thiophene rings is 1. The number of hydrogen-bond acceptors (Lipinski definition) is 6. The van der Waals surface area contributed by atoms with Crippen molar-refractivity contribution in [2.45, 2.75) is 32.3 Å². The largest absolute Gasteiger partial charge is 0.397 e. The second-order valence-corrected chi connectivity index (χ2v) is 6.07. The van der Waals surface area contributed by atoms with Crippen LogP contribution in [0.25, 0.3) is 0 Å². The third-order valence-electron chi connectivity index (χ3n) is 3.48. The number of nitrogen functional groups attached to an aromatic ring is 1. The molecule has 0 aromatic carbocycles. The Hall–Kier alpha value is -1.60. The molecule has 1 saturated heterocycles. The molecule has 0 radical (unpaired) electrons. The molecule has 2 rings (SSSR count). The van der Waals surface area contributed by atoms with E-state index in [0.29, 0.717) is 22.0 Å². The summed E-state index contributed by atoms with van der Waals surface area (Å²) >= 11 is 1.22. The predicted molar refractivity (Wildman–Crippen MR) is 84.2 cm³/mol. The van der Waals surface area contributed by atoms with Crippen LogP contribution in [0.5, 0.6) is 0 Å². The number of nitrogens with two attached hydrogens (primary N) is 1. The summed E-state index contributed by atoms with van der Waals surface area (Å²) in [6.07, 6.45) is 3.39. The molecule has 1 aliphatic rings. The van der Waals surface area contributed by atoms with E-state index in [9.17, 15) is 9.59 Å². The highest BCUT2D eigenvalue weighted by atomic mass is 32.1. The van der Waals surface area contributed by atoms with Crippen LogP contribution in [0.15, 0.2) is 0 Å². The quantitative estimate of drug-likeness (QED) is 0.722. The summed E-state index contributed by atoms with van der Waals surface area (Å²) in [7, 11) is 1.54. The van der Waals surface area contributed by atoms with E-state index in [1.807, 2.05) is 0 Å². The summed E-state index contributed by atoms with van der Waals surface area (Å²) in [6, 6.07) is 0. The average Bonchev–Trinajstić information content (AvgIpc) is 2.82. The molecule has 0 saturated carbocycles. The number of hydrogen-bond donors (Lipinski definition) is 3. The Morgan fingerprint density at radius 1 is 1.43 bits per heavy atom. The normalized spacial score (nSPS) is 18.3. The summed E-state index contributed by atoms with van der Waals surface area (Å²) in [5.74, 6) is -0.423.